The zero-order valence-electron chi connectivity index (χ0n) is 12.4. The summed E-state index contributed by atoms with van der Waals surface area (Å²) in [5.41, 5.74) is 6.32. The quantitative estimate of drug-likeness (QED) is 0.800. The van der Waals surface area contributed by atoms with Gasteiger partial charge in [-0.3, -0.25) is 0 Å². The van der Waals surface area contributed by atoms with Crippen molar-refractivity contribution < 1.29 is 0 Å². The van der Waals surface area contributed by atoms with Crippen LogP contribution in [0, 0.1) is 17.8 Å². The molecule has 2 N–H and O–H groups in total. The van der Waals surface area contributed by atoms with Crippen LogP contribution in [-0.4, -0.2) is 30.6 Å². The molecule has 4 atom stereocenters. The Hall–Kier alpha value is -0.0800. The van der Waals surface area contributed by atoms with E-state index in [0.717, 1.165) is 17.8 Å². The van der Waals surface area contributed by atoms with Crippen LogP contribution in [0.25, 0.3) is 0 Å². The second-order valence-electron chi connectivity index (χ2n) is 6.50. The molecule has 2 heteroatoms. The molecule has 0 bridgehead atoms. The number of hydrogen-bond donors (Lipinski definition) is 1. The Morgan fingerprint density at radius 3 is 2.41 bits per heavy atom. The molecule has 0 heterocycles. The second kappa shape index (κ2) is 6.75. The zero-order valence-corrected chi connectivity index (χ0v) is 12.4. The summed E-state index contributed by atoms with van der Waals surface area (Å²) in [7, 11) is 2.26. The van der Waals surface area contributed by atoms with Crippen molar-refractivity contribution >= 4 is 0 Å². The van der Waals surface area contributed by atoms with E-state index in [1.165, 1.54) is 32.2 Å². The van der Waals surface area contributed by atoms with E-state index in [9.17, 15) is 0 Å². The first-order valence-electron chi connectivity index (χ1n) is 7.41. The van der Waals surface area contributed by atoms with Gasteiger partial charge in [-0.05, 0) is 44.1 Å². The third-order valence-electron chi connectivity index (χ3n) is 4.71. The predicted molar refractivity (Wildman–Crippen MR) is 76.0 cm³/mol. The van der Waals surface area contributed by atoms with Crippen molar-refractivity contribution in [3.63, 3.8) is 0 Å². The smallest absolute Gasteiger partial charge is 0.0246 e. The van der Waals surface area contributed by atoms with E-state index >= 15 is 0 Å². The van der Waals surface area contributed by atoms with E-state index in [1.54, 1.807) is 0 Å². The van der Waals surface area contributed by atoms with Crippen molar-refractivity contribution in [1.82, 2.24) is 4.90 Å². The molecular weight excluding hydrogens is 208 g/mol. The predicted octanol–water partition coefficient (Wildman–Crippen LogP) is 3.12. The Labute approximate surface area is 108 Å². The number of hydrogen-bond acceptors (Lipinski definition) is 2. The zero-order chi connectivity index (χ0) is 13.0. The largest absolute Gasteiger partial charge is 0.326 e. The van der Waals surface area contributed by atoms with Crippen molar-refractivity contribution in [3.8, 4) is 0 Å². The lowest BCUT2D eigenvalue weighted by Crippen LogP contribution is -2.51. The molecule has 17 heavy (non-hydrogen) atoms. The van der Waals surface area contributed by atoms with Crippen LogP contribution < -0.4 is 5.73 Å². The first kappa shape index (κ1) is 15.0. The summed E-state index contributed by atoms with van der Waals surface area (Å²) in [6.07, 6.45) is 5.09. The van der Waals surface area contributed by atoms with Crippen molar-refractivity contribution in [2.75, 3.05) is 13.6 Å². The third kappa shape index (κ3) is 4.26. The minimum Gasteiger partial charge on any atom is -0.326 e. The van der Waals surface area contributed by atoms with Gasteiger partial charge in [0.2, 0.25) is 0 Å². The average Bonchev–Trinajstić information content (AvgIpc) is 2.28. The highest BCUT2D eigenvalue weighted by Crippen LogP contribution is 2.31. The highest BCUT2D eigenvalue weighted by atomic mass is 15.1. The van der Waals surface area contributed by atoms with Crippen LogP contribution in [0.4, 0.5) is 0 Å². The molecule has 2 nitrogen and oxygen atoms in total. The summed E-state index contributed by atoms with van der Waals surface area (Å²) in [5.74, 6) is 2.47. The molecule has 102 valence electrons. The van der Waals surface area contributed by atoms with Gasteiger partial charge < -0.3 is 10.6 Å². The lowest BCUT2D eigenvalue weighted by Gasteiger charge is -2.41. The Bertz CT molecular complexity index is 215. The lowest BCUT2D eigenvalue weighted by molar-refractivity contribution is 0.106. The van der Waals surface area contributed by atoms with Crippen molar-refractivity contribution in [3.05, 3.63) is 0 Å². The number of nitrogens with zero attached hydrogens (tertiary/aromatic N) is 1. The van der Waals surface area contributed by atoms with Crippen molar-refractivity contribution in [1.29, 1.82) is 0 Å². The van der Waals surface area contributed by atoms with Crippen LogP contribution in [0.1, 0.15) is 53.4 Å². The molecule has 0 aliphatic heterocycles. The third-order valence-corrected chi connectivity index (χ3v) is 4.71. The number of likely N-dealkylation sites (N-methyl/N-ethyl adjacent to an activating group) is 1. The van der Waals surface area contributed by atoms with Gasteiger partial charge in [0.25, 0.3) is 0 Å². The molecule has 1 rings (SSSR count). The summed E-state index contributed by atoms with van der Waals surface area (Å²) < 4.78 is 0. The minimum atomic E-state index is 0.388. The molecular formula is C15H32N2. The molecule has 0 saturated heterocycles. The average molecular weight is 240 g/mol. The Morgan fingerprint density at radius 1 is 1.24 bits per heavy atom. The molecule has 0 spiro atoms. The molecule has 0 amide bonds. The molecule has 0 aromatic rings. The normalized spacial score (nSPS) is 32.1. The maximum atomic E-state index is 6.32. The molecule has 1 aliphatic carbocycles. The maximum Gasteiger partial charge on any atom is 0.0246 e. The van der Waals surface area contributed by atoms with Gasteiger partial charge in [-0.2, -0.15) is 0 Å². The summed E-state index contributed by atoms with van der Waals surface area (Å²) in [4.78, 5) is 2.52. The van der Waals surface area contributed by atoms with Crippen LogP contribution in [0.5, 0.6) is 0 Å². The number of rotatable bonds is 5. The molecule has 0 aromatic carbocycles. The summed E-state index contributed by atoms with van der Waals surface area (Å²) >= 11 is 0. The molecule has 0 radical (unpaired) electrons. The van der Waals surface area contributed by atoms with Gasteiger partial charge in [-0.15, -0.1) is 0 Å². The Morgan fingerprint density at radius 2 is 1.88 bits per heavy atom. The fraction of sp³-hybridized carbons (Fsp3) is 1.00. The van der Waals surface area contributed by atoms with E-state index in [-0.39, 0.29) is 0 Å². The highest BCUT2D eigenvalue weighted by Gasteiger charge is 2.32. The number of nitrogens with two attached hydrogens (primary N) is 1. The molecule has 0 aromatic heterocycles. The van der Waals surface area contributed by atoms with Crippen LogP contribution in [0.3, 0.4) is 0 Å². The Kier molecular flexibility index (Phi) is 5.94. The Balaban J connectivity index is 2.53. The van der Waals surface area contributed by atoms with Gasteiger partial charge in [0.15, 0.2) is 0 Å². The summed E-state index contributed by atoms with van der Waals surface area (Å²) in [6.45, 7) is 10.5. The van der Waals surface area contributed by atoms with Gasteiger partial charge in [-0.1, -0.05) is 34.1 Å². The maximum absolute atomic E-state index is 6.32. The summed E-state index contributed by atoms with van der Waals surface area (Å²) in [6, 6.07) is 0.990. The van der Waals surface area contributed by atoms with E-state index in [0.29, 0.717) is 12.1 Å². The van der Waals surface area contributed by atoms with Crippen LogP contribution >= 0.6 is 0 Å². The SMILES string of the molecule is CCC(C)CN(C)C1CC(C(C)C)CCC1N. The summed E-state index contributed by atoms with van der Waals surface area (Å²) in [5, 5.41) is 0. The van der Waals surface area contributed by atoms with Crippen LogP contribution in [0.2, 0.25) is 0 Å². The van der Waals surface area contributed by atoms with Gasteiger partial charge in [0, 0.05) is 18.6 Å². The highest BCUT2D eigenvalue weighted by molar-refractivity contribution is 4.89. The van der Waals surface area contributed by atoms with Crippen molar-refractivity contribution in [2.24, 2.45) is 23.5 Å². The molecule has 1 fully saturated rings. The first-order valence-corrected chi connectivity index (χ1v) is 7.41. The van der Waals surface area contributed by atoms with E-state index < -0.39 is 0 Å². The molecule has 1 saturated carbocycles. The lowest BCUT2D eigenvalue weighted by atomic mass is 9.76. The van der Waals surface area contributed by atoms with Gasteiger partial charge in [0.1, 0.15) is 0 Å². The van der Waals surface area contributed by atoms with Gasteiger partial charge >= 0.3 is 0 Å². The second-order valence-corrected chi connectivity index (χ2v) is 6.50. The van der Waals surface area contributed by atoms with Crippen LogP contribution in [0.15, 0.2) is 0 Å². The monoisotopic (exact) mass is 240 g/mol. The molecule has 1 aliphatic rings. The fourth-order valence-electron chi connectivity index (χ4n) is 3.07. The minimum absolute atomic E-state index is 0.388. The van der Waals surface area contributed by atoms with E-state index in [1.807, 2.05) is 0 Å². The van der Waals surface area contributed by atoms with Crippen molar-refractivity contribution in [2.45, 2.75) is 65.5 Å². The van der Waals surface area contributed by atoms with Crippen LogP contribution in [-0.2, 0) is 0 Å². The van der Waals surface area contributed by atoms with E-state index in [2.05, 4.69) is 39.6 Å². The molecule has 4 unspecified atom stereocenters. The topological polar surface area (TPSA) is 29.3 Å². The fourth-order valence-corrected chi connectivity index (χ4v) is 3.07. The van der Waals surface area contributed by atoms with Gasteiger partial charge in [-0.25, -0.2) is 0 Å². The van der Waals surface area contributed by atoms with E-state index in [4.69, 9.17) is 5.73 Å². The van der Waals surface area contributed by atoms with Gasteiger partial charge in [0.05, 0.1) is 0 Å². The standard InChI is InChI=1S/C15H32N2/c1-6-12(4)10-17(5)15-9-13(11(2)3)7-8-14(15)16/h11-15H,6-10,16H2,1-5H3. The first-order chi connectivity index (χ1) is 7.95.